The molecule has 13 rings (SSSR count). The molecule has 32 heteroatoms. The van der Waals surface area contributed by atoms with E-state index in [1.807, 2.05) is 67.8 Å². The SMILES string of the molecule is CN(CCO)C[C@H]1O[C@@H](n2cnc3c(N)ncnc32)[C@@H]2OC(C)(C)O[C@@H]21.CN(CCOC(=O)CCc1ccc(C(C)(C)C)cc1)C[C@H]1O[C@@H](n2cnc3c(N)ncnc32)[C@@H]2OC(C)(C)O[C@@H]21.CN(CCOC(=O)CCc1ccc(C(C)(C)C)cc1)C[C@H]1O[C@@H](n2cnc3c(N)ncnc32)[C@H](O)[C@@H]1O. The summed E-state index contributed by atoms with van der Waals surface area (Å²) in [6.45, 7) is 24.4. The molecule has 11 heterocycles. The molecule has 0 unspecified atom stereocenters. The zero-order chi connectivity index (χ0) is 73.9. The molecule has 5 fully saturated rings. The van der Waals surface area contributed by atoms with Crippen molar-refractivity contribution in [3.05, 3.63) is 109 Å². The van der Waals surface area contributed by atoms with Gasteiger partial charge in [-0.05, 0) is 94.8 Å². The number of imidazole rings is 3. The number of fused-ring (bicyclic) bond motifs is 5. The lowest BCUT2D eigenvalue weighted by Gasteiger charge is -2.27. The van der Waals surface area contributed by atoms with E-state index in [-0.39, 0.29) is 78.4 Å². The lowest BCUT2D eigenvalue weighted by atomic mass is 9.86. The van der Waals surface area contributed by atoms with Gasteiger partial charge in [0.1, 0.15) is 104 Å². The normalized spacial score (nSPS) is 25.0. The molecule has 6 aromatic heterocycles. The van der Waals surface area contributed by atoms with Crippen LogP contribution in [0.2, 0.25) is 0 Å². The summed E-state index contributed by atoms with van der Waals surface area (Å²) in [4.78, 5) is 68.2. The van der Waals surface area contributed by atoms with Crippen molar-refractivity contribution in [1.29, 1.82) is 0 Å². The summed E-state index contributed by atoms with van der Waals surface area (Å²) in [5.41, 5.74) is 25.7. The molecule has 5 aliphatic heterocycles. The fourth-order valence-corrected chi connectivity index (χ4v) is 13.3. The quantitative estimate of drug-likeness (QED) is 0.0483. The number of nitrogens with two attached hydrogens (primary N) is 3. The predicted molar refractivity (Wildman–Crippen MR) is 379 cm³/mol. The van der Waals surface area contributed by atoms with E-state index >= 15 is 0 Å². The third-order valence-electron chi connectivity index (χ3n) is 18.9. The van der Waals surface area contributed by atoms with Gasteiger partial charge in [-0.3, -0.25) is 23.3 Å². The van der Waals surface area contributed by atoms with Gasteiger partial charge in [0.25, 0.3) is 0 Å². The van der Waals surface area contributed by atoms with E-state index < -0.39 is 48.6 Å². The molecule has 2 aromatic carbocycles. The van der Waals surface area contributed by atoms with Crippen LogP contribution in [-0.4, -0.2) is 247 Å². The third kappa shape index (κ3) is 18.0. The van der Waals surface area contributed by atoms with Gasteiger partial charge in [-0.2, -0.15) is 0 Å². The van der Waals surface area contributed by atoms with Crippen LogP contribution in [0.5, 0.6) is 0 Å². The number of aryl methyl sites for hydroxylation is 2. The van der Waals surface area contributed by atoms with Crippen molar-refractivity contribution in [1.82, 2.24) is 73.3 Å². The van der Waals surface area contributed by atoms with Crippen LogP contribution in [0, 0.1) is 0 Å². The molecule has 5 saturated heterocycles. The van der Waals surface area contributed by atoms with Gasteiger partial charge in [0.2, 0.25) is 0 Å². The molecule has 0 saturated carbocycles. The first-order valence-corrected chi connectivity index (χ1v) is 34.8. The molecule has 8 aromatic rings. The summed E-state index contributed by atoms with van der Waals surface area (Å²) >= 11 is 0. The van der Waals surface area contributed by atoms with Crippen LogP contribution in [0.3, 0.4) is 0 Å². The Morgan fingerprint density at radius 2 is 0.825 bits per heavy atom. The monoisotopic (exact) mass is 1430 g/mol. The first-order chi connectivity index (χ1) is 48.8. The predicted octanol–water partition coefficient (Wildman–Crippen LogP) is 4.41. The Hall–Kier alpha value is -8.09. The number of hydrogen-bond donors (Lipinski definition) is 6. The van der Waals surface area contributed by atoms with Crippen LogP contribution < -0.4 is 17.2 Å². The standard InChI is InChI=1S/C29H40N6O5.C26H36N6O5.C16H24N6O4/c1-28(2,3)19-10-7-18(8-11-19)9-12-21(36)37-14-13-34(6)15-20-23-24(40-29(4,5)39-23)27(38-20)35-17-33-22-25(30)31-16-32-26(22)35;1-26(2,3)17-8-5-16(6-9-17)7-10-19(33)36-12-11-31(4)13-18-21(34)22(35)25(37-18)32-15-30-20-23(27)28-14-29-24(20)32;1-16(2)25-11-9(6-21(3)4-5-23)24-15(12(11)26-16)22-8-20-10-13(17)18-7-19-14(10)22/h7-8,10-11,16-17,20,23-24,27H,9,12-15H2,1-6H3,(H2,30,31,32);5-6,8-9,14-15,18,21-22,25,34-35H,7,10-13H2,1-4H3,(H2,27,28,29);7-9,11-12,15,23H,4-6H2,1-3H3,(H2,17,18,19)/t20-,23-,24-,27-;18-,21-,22-,25-;9-,11-,12-,15-/m111/s1. The Morgan fingerprint density at radius 3 is 1.19 bits per heavy atom. The Bertz CT molecular complexity index is 4160. The van der Waals surface area contributed by atoms with Crippen LogP contribution in [0.4, 0.5) is 17.5 Å². The number of hydrogen-bond acceptors (Lipinski definition) is 29. The molecule has 0 spiro atoms. The Labute approximate surface area is 598 Å². The van der Waals surface area contributed by atoms with Gasteiger partial charge in [0.05, 0.1) is 25.6 Å². The highest BCUT2D eigenvalue weighted by Crippen LogP contribution is 2.46. The Morgan fingerprint density at radius 1 is 0.485 bits per heavy atom. The van der Waals surface area contributed by atoms with E-state index in [4.69, 9.17) is 64.9 Å². The molecular weight excluding hydrogens is 1330 g/mol. The van der Waals surface area contributed by atoms with Crippen molar-refractivity contribution >= 4 is 62.9 Å². The van der Waals surface area contributed by atoms with Crippen molar-refractivity contribution in [2.24, 2.45) is 0 Å². The summed E-state index contributed by atoms with van der Waals surface area (Å²) in [6, 6.07) is 16.8. The third-order valence-corrected chi connectivity index (χ3v) is 18.9. The topological polar surface area (TPSA) is 396 Å². The van der Waals surface area contributed by atoms with E-state index in [1.165, 1.54) is 36.4 Å². The van der Waals surface area contributed by atoms with Crippen molar-refractivity contribution < 1.29 is 67.5 Å². The summed E-state index contributed by atoms with van der Waals surface area (Å²) in [6.07, 6.45) is 4.43. The summed E-state index contributed by atoms with van der Waals surface area (Å²) in [5.74, 6) is -1.04. The van der Waals surface area contributed by atoms with Gasteiger partial charge in [-0.1, -0.05) is 90.1 Å². The number of benzene rings is 2. The zero-order valence-electron chi connectivity index (χ0n) is 61.0. The average molecular weight is 1430 g/mol. The van der Waals surface area contributed by atoms with E-state index in [9.17, 15) is 19.8 Å². The number of aliphatic hydroxyl groups is 3. The molecule has 0 bridgehead atoms. The molecule has 0 radical (unpaired) electrons. The van der Waals surface area contributed by atoms with Crippen LogP contribution in [0.25, 0.3) is 33.5 Å². The first-order valence-electron chi connectivity index (χ1n) is 34.8. The fraction of sp³-hybridized carbons (Fsp3) is 0.592. The molecule has 0 amide bonds. The second-order valence-electron chi connectivity index (χ2n) is 29.9. The highest BCUT2D eigenvalue weighted by Gasteiger charge is 2.58. The number of rotatable bonds is 23. The lowest BCUT2D eigenvalue weighted by Crippen LogP contribution is -2.39. The summed E-state index contributed by atoms with van der Waals surface area (Å²) < 4.78 is 59.5. The minimum absolute atomic E-state index is 0.0892. The number of carbonyl (C=O) groups is 2. The molecule has 103 heavy (non-hydrogen) atoms. The highest BCUT2D eigenvalue weighted by atomic mass is 16.8. The number of nitrogens with zero attached hydrogens (tertiary/aromatic N) is 15. The average Bonchev–Trinajstić information content (AvgIpc) is 1.59. The number of anilines is 3. The maximum absolute atomic E-state index is 12.4. The fourth-order valence-electron chi connectivity index (χ4n) is 13.3. The highest BCUT2D eigenvalue weighted by molar-refractivity contribution is 5.82. The minimum atomic E-state index is -1.18. The van der Waals surface area contributed by atoms with Gasteiger partial charge in [0.15, 0.2) is 64.7 Å². The second kappa shape index (κ2) is 31.7. The molecule has 0 aliphatic carbocycles. The van der Waals surface area contributed by atoms with Gasteiger partial charge in [-0.15, -0.1) is 0 Å². The maximum Gasteiger partial charge on any atom is 0.306 e. The second-order valence-corrected chi connectivity index (χ2v) is 29.9. The van der Waals surface area contributed by atoms with Crippen LogP contribution in [0.1, 0.15) is 123 Å². The molecule has 32 nitrogen and oxygen atoms in total. The smallest absolute Gasteiger partial charge is 0.306 e. The minimum Gasteiger partial charge on any atom is -0.464 e. The van der Waals surface area contributed by atoms with Crippen LogP contribution >= 0.6 is 0 Å². The molecule has 558 valence electrons. The van der Waals surface area contributed by atoms with Gasteiger partial charge >= 0.3 is 11.9 Å². The molecule has 12 atom stereocenters. The first kappa shape index (κ1) is 76.1. The lowest BCUT2D eigenvalue weighted by molar-refractivity contribution is -0.198. The van der Waals surface area contributed by atoms with Gasteiger partial charge < -0.3 is 89.9 Å². The number of likely N-dealkylation sites (N-methyl/N-ethyl adjacent to an activating group) is 3. The number of aliphatic hydroxyl groups excluding tert-OH is 3. The number of carbonyl (C=O) groups excluding carboxylic acids is 2. The molecule has 5 aliphatic rings. The van der Waals surface area contributed by atoms with E-state index in [2.05, 4.69) is 140 Å². The molecular formula is C71H100N18O14. The summed E-state index contributed by atoms with van der Waals surface area (Å²) in [5, 5.41) is 30.3. The van der Waals surface area contributed by atoms with Crippen molar-refractivity contribution in [2.45, 2.75) is 191 Å². The van der Waals surface area contributed by atoms with Gasteiger partial charge in [0, 0.05) is 52.1 Å². The van der Waals surface area contributed by atoms with E-state index in [1.54, 1.807) is 17.2 Å². The number of aromatic nitrogens is 12. The van der Waals surface area contributed by atoms with Crippen LogP contribution in [0.15, 0.2) is 86.5 Å². The number of ether oxygens (including phenoxy) is 9. The van der Waals surface area contributed by atoms with E-state index in [0.717, 1.165) is 11.1 Å². The summed E-state index contributed by atoms with van der Waals surface area (Å²) in [7, 11) is 5.74. The van der Waals surface area contributed by atoms with Crippen molar-refractivity contribution in [3.8, 4) is 0 Å². The Balaban J connectivity index is 0.000000158. The largest absolute Gasteiger partial charge is 0.464 e. The van der Waals surface area contributed by atoms with Crippen LogP contribution in [-0.2, 0) is 75.9 Å². The Kier molecular flexibility index (Phi) is 23.4. The number of esters is 2. The zero-order valence-corrected chi connectivity index (χ0v) is 61.0. The van der Waals surface area contributed by atoms with Crippen molar-refractivity contribution in [2.75, 3.05) is 97.4 Å². The van der Waals surface area contributed by atoms with E-state index in [0.29, 0.717) is 117 Å². The molecule has 9 N–H and O–H groups in total. The number of nitrogen functional groups attached to an aromatic ring is 3. The maximum atomic E-state index is 12.4. The van der Waals surface area contributed by atoms with Gasteiger partial charge in [-0.25, -0.2) is 44.9 Å². The van der Waals surface area contributed by atoms with Crippen molar-refractivity contribution in [3.63, 3.8) is 0 Å².